The summed E-state index contributed by atoms with van der Waals surface area (Å²) in [5.74, 6) is -0.242. The highest BCUT2D eigenvalue weighted by Crippen LogP contribution is 2.18. The molecule has 0 N–H and O–H groups in total. The van der Waals surface area contributed by atoms with Crippen molar-refractivity contribution in [2.45, 2.75) is 32.4 Å². The lowest BCUT2D eigenvalue weighted by Gasteiger charge is -2.32. The predicted octanol–water partition coefficient (Wildman–Crippen LogP) is 0.905. The number of carbonyl (C=O) groups excluding carboxylic acids is 1. The SMILES string of the molecule is COC(=O)C(C)C(C)N(C)C1CCOC1. The standard InChI is InChI=1S/C11H21NO3/c1-8(11(13)14-4)9(2)12(3)10-5-6-15-7-10/h8-10H,5-7H2,1-4H3. The molecule has 0 aliphatic carbocycles. The Hall–Kier alpha value is -0.610. The van der Waals surface area contributed by atoms with Gasteiger partial charge in [0.15, 0.2) is 0 Å². The van der Waals surface area contributed by atoms with Crippen molar-refractivity contribution in [3.63, 3.8) is 0 Å². The minimum Gasteiger partial charge on any atom is -0.469 e. The van der Waals surface area contributed by atoms with E-state index in [1.54, 1.807) is 0 Å². The molecule has 0 spiro atoms. The zero-order valence-electron chi connectivity index (χ0n) is 10.0. The molecule has 0 saturated carbocycles. The first-order chi connectivity index (χ1) is 7.07. The molecule has 0 aromatic carbocycles. The molecular weight excluding hydrogens is 194 g/mol. The summed E-state index contributed by atoms with van der Waals surface area (Å²) in [6, 6.07) is 0.622. The first-order valence-corrected chi connectivity index (χ1v) is 5.45. The Balaban J connectivity index is 2.50. The van der Waals surface area contributed by atoms with Gasteiger partial charge in [-0.05, 0) is 20.4 Å². The summed E-state index contributed by atoms with van der Waals surface area (Å²) in [6.07, 6.45) is 1.05. The van der Waals surface area contributed by atoms with E-state index in [4.69, 9.17) is 9.47 Å². The van der Waals surface area contributed by atoms with E-state index in [0.29, 0.717) is 6.04 Å². The van der Waals surface area contributed by atoms with Crippen LogP contribution in [0.1, 0.15) is 20.3 Å². The largest absolute Gasteiger partial charge is 0.469 e. The molecule has 0 amide bonds. The van der Waals surface area contributed by atoms with Crippen molar-refractivity contribution < 1.29 is 14.3 Å². The van der Waals surface area contributed by atoms with Crippen molar-refractivity contribution in [3.8, 4) is 0 Å². The molecule has 3 unspecified atom stereocenters. The highest BCUT2D eigenvalue weighted by atomic mass is 16.5. The van der Waals surface area contributed by atoms with E-state index in [1.165, 1.54) is 7.11 Å². The van der Waals surface area contributed by atoms with E-state index < -0.39 is 0 Å². The Labute approximate surface area is 91.5 Å². The fourth-order valence-corrected chi connectivity index (χ4v) is 1.91. The summed E-state index contributed by atoms with van der Waals surface area (Å²) >= 11 is 0. The Morgan fingerprint density at radius 2 is 2.20 bits per heavy atom. The van der Waals surface area contributed by atoms with Crippen LogP contribution in [0.25, 0.3) is 0 Å². The second kappa shape index (κ2) is 5.47. The summed E-state index contributed by atoms with van der Waals surface area (Å²) in [6.45, 7) is 5.56. The Bertz CT molecular complexity index is 214. The molecule has 4 nitrogen and oxygen atoms in total. The Kier molecular flexibility index (Phi) is 4.54. The lowest BCUT2D eigenvalue weighted by atomic mass is 10.0. The molecule has 0 aromatic heterocycles. The molecule has 0 aromatic rings. The number of esters is 1. The van der Waals surface area contributed by atoms with Gasteiger partial charge >= 0.3 is 5.97 Å². The van der Waals surface area contributed by atoms with Crippen LogP contribution in [0, 0.1) is 5.92 Å². The fourth-order valence-electron chi connectivity index (χ4n) is 1.91. The second-order valence-corrected chi connectivity index (χ2v) is 4.24. The average Bonchev–Trinajstić information content (AvgIpc) is 2.78. The second-order valence-electron chi connectivity index (χ2n) is 4.24. The normalized spacial score (nSPS) is 25.3. The number of hydrogen-bond donors (Lipinski definition) is 0. The van der Waals surface area contributed by atoms with E-state index in [9.17, 15) is 4.79 Å². The molecule has 1 rings (SSSR count). The maximum absolute atomic E-state index is 11.4. The van der Waals surface area contributed by atoms with Gasteiger partial charge in [-0.1, -0.05) is 6.92 Å². The predicted molar refractivity (Wildman–Crippen MR) is 57.6 cm³/mol. The van der Waals surface area contributed by atoms with Gasteiger partial charge in [0.1, 0.15) is 0 Å². The molecule has 3 atom stereocenters. The highest BCUT2D eigenvalue weighted by molar-refractivity contribution is 5.72. The van der Waals surface area contributed by atoms with Gasteiger partial charge in [0.05, 0.1) is 19.6 Å². The molecule has 1 saturated heterocycles. The number of ether oxygens (including phenoxy) is 2. The van der Waals surface area contributed by atoms with Gasteiger partial charge in [0.2, 0.25) is 0 Å². The molecule has 88 valence electrons. The number of methoxy groups -OCH3 is 1. The number of hydrogen-bond acceptors (Lipinski definition) is 4. The van der Waals surface area contributed by atoms with Crippen LogP contribution in [0.2, 0.25) is 0 Å². The summed E-state index contributed by atoms with van der Waals surface area (Å²) < 4.78 is 10.1. The molecule has 0 radical (unpaired) electrons. The van der Waals surface area contributed by atoms with Crippen LogP contribution in [-0.2, 0) is 14.3 Å². The van der Waals surface area contributed by atoms with Crippen LogP contribution >= 0.6 is 0 Å². The molecule has 1 aliphatic heterocycles. The maximum Gasteiger partial charge on any atom is 0.309 e. The zero-order valence-corrected chi connectivity index (χ0v) is 10.0. The minimum absolute atomic E-state index is 0.0967. The van der Waals surface area contributed by atoms with Crippen LogP contribution in [0.15, 0.2) is 0 Å². The Morgan fingerprint density at radius 3 is 2.67 bits per heavy atom. The third kappa shape index (κ3) is 2.92. The molecule has 1 heterocycles. The zero-order chi connectivity index (χ0) is 11.4. The van der Waals surface area contributed by atoms with Crippen LogP contribution in [0.3, 0.4) is 0 Å². The third-order valence-electron chi connectivity index (χ3n) is 3.42. The summed E-state index contributed by atoms with van der Waals surface area (Å²) in [5, 5.41) is 0. The number of likely N-dealkylation sites (N-methyl/N-ethyl adjacent to an activating group) is 1. The topological polar surface area (TPSA) is 38.8 Å². The van der Waals surface area contributed by atoms with Crippen LogP contribution in [-0.4, -0.2) is 50.3 Å². The van der Waals surface area contributed by atoms with Crippen molar-refractivity contribution in [2.24, 2.45) is 5.92 Å². The van der Waals surface area contributed by atoms with E-state index in [1.807, 2.05) is 14.0 Å². The summed E-state index contributed by atoms with van der Waals surface area (Å²) in [4.78, 5) is 13.6. The van der Waals surface area contributed by atoms with Gasteiger partial charge in [-0.2, -0.15) is 0 Å². The van der Waals surface area contributed by atoms with E-state index in [0.717, 1.165) is 19.6 Å². The van der Waals surface area contributed by atoms with E-state index in [-0.39, 0.29) is 17.9 Å². The number of carbonyl (C=O) groups is 1. The molecule has 1 fully saturated rings. The van der Waals surface area contributed by atoms with Gasteiger partial charge in [-0.25, -0.2) is 0 Å². The van der Waals surface area contributed by atoms with Crippen molar-refractivity contribution in [3.05, 3.63) is 0 Å². The van der Waals surface area contributed by atoms with E-state index in [2.05, 4.69) is 11.8 Å². The van der Waals surface area contributed by atoms with Gasteiger partial charge < -0.3 is 9.47 Å². The highest BCUT2D eigenvalue weighted by Gasteiger charge is 2.30. The smallest absolute Gasteiger partial charge is 0.309 e. The van der Waals surface area contributed by atoms with Crippen LogP contribution in [0.5, 0.6) is 0 Å². The monoisotopic (exact) mass is 215 g/mol. The van der Waals surface area contributed by atoms with Crippen LogP contribution < -0.4 is 0 Å². The van der Waals surface area contributed by atoms with Crippen molar-refractivity contribution in [2.75, 3.05) is 27.4 Å². The lowest BCUT2D eigenvalue weighted by molar-refractivity contribution is -0.147. The average molecular weight is 215 g/mol. The van der Waals surface area contributed by atoms with Gasteiger partial charge in [0, 0.05) is 18.7 Å². The fraction of sp³-hybridized carbons (Fsp3) is 0.909. The molecule has 15 heavy (non-hydrogen) atoms. The number of nitrogens with zero attached hydrogens (tertiary/aromatic N) is 1. The van der Waals surface area contributed by atoms with Crippen molar-refractivity contribution in [1.29, 1.82) is 0 Å². The number of rotatable bonds is 4. The van der Waals surface area contributed by atoms with Gasteiger partial charge in [-0.3, -0.25) is 9.69 Å². The quantitative estimate of drug-likeness (QED) is 0.653. The summed E-state index contributed by atoms with van der Waals surface area (Å²) in [7, 11) is 3.48. The summed E-state index contributed by atoms with van der Waals surface area (Å²) in [5.41, 5.74) is 0. The van der Waals surface area contributed by atoms with Gasteiger partial charge in [0.25, 0.3) is 0 Å². The Morgan fingerprint density at radius 1 is 1.53 bits per heavy atom. The van der Waals surface area contributed by atoms with Gasteiger partial charge in [-0.15, -0.1) is 0 Å². The first-order valence-electron chi connectivity index (χ1n) is 5.45. The first kappa shape index (κ1) is 12.5. The molecule has 1 aliphatic rings. The molecular formula is C11H21NO3. The van der Waals surface area contributed by atoms with Crippen molar-refractivity contribution >= 4 is 5.97 Å². The minimum atomic E-state index is -0.145. The molecule has 0 bridgehead atoms. The van der Waals surface area contributed by atoms with Crippen molar-refractivity contribution in [1.82, 2.24) is 4.90 Å². The lowest BCUT2D eigenvalue weighted by Crippen LogP contribution is -2.44. The third-order valence-corrected chi connectivity index (χ3v) is 3.42. The molecule has 4 heteroatoms. The van der Waals surface area contributed by atoms with E-state index >= 15 is 0 Å². The maximum atomic E-state index is 11.4. The van der Waals surface area contributed by atoms with Crippen LogP contribution in [0.4, 0.5) is 0 Å².